The number of likely N-dealkylation sites (N-methyl/N-ethyl adjacent to an activating group) is 1. The minimum Gasteiger partial charge on any atom is -0.390 e. The van der Waals surface area contributed by atoms with E-state index in [-0.39, 0.29) is 30.5 Å². The molecule has 0 unspecified atom stereocenters. The Labute approximate surface area is 146 Å². The van der Waals surface area contributed by atoms with Crippen LogP contribution in [0.25, 0.3) is 0 Å². The Morgan fingerprint density at radius 2 is 2.08 bits per heavy atom. The van der Waals surface area contributed by atoms with E-state index >= 15 is 0 Å². The average Bonchev–Trinajstić information content (AvgIpc) is 2.97. The first-order valence-corrected chi connectivity index (χ1v) is 8.16. The third-order valence-electron chi connectivity index (χ3n) is 3.18. The number of aromatic nitrogens is 2. The molecule has 2 rings (SSSR count). The molecule has 1 aromatic carbocycles. The molecule has 0 atom stereocenters. The number of aliphatic hydroxyl groups excluding tert-OH is 1. The van der Waals surface area contributed by atoms with Gasteiger partial charge in [-0.2, -0.15) is 0 Å². The molecule has 0 fully saturated rings. The van der Waals surface area contributed by atoms with Gasteiger partial charge in [-0.15, -0.1) is 0 Å². The first kappa shape index (κ1) is 18.9. The second kappa shape index (κ2) is 8.58. The lowest BCUT2D eigenvalue weighted by Crippen LogP contribution is -2.25. The smallest absolute Gasteiger partial charge is 0.239 e. The van der Waals surface area contributed by atoms with Crippen molar-refractivity contribution in [2.45, 2.75) is 18.3 Å². The molecule has 25 heavy (non-hydrogen) atoms. The molecule has 7 nitrogen and oxygen atoms in total. The molecule has 0 saturated heterocycles. The van der Waals surface area contributed by atoms with Crippen molar-refractivity contribution in [2.24, 2.45) is 0 Å². The summed E-state index contributed by atoms with van der Waals surface area (Å²) < 4.78 is 27.8. The van der Waals surface area contributed by atoms with Gasteiger partial charge in [-0.3, -0.25) is 9.59 Å². The van der Waals surface area contributed by atoms with Crippen LogP contribution in [0.2, 0.25) is 0 Å². The van der Waals surface area contributed by atoms with Crippen molar-refractivity contribution in [3.63, 3.8) is 0 Å². The summed E-state index contributed by atoms with van der Waals surface area (Å²) in [5, 5.41) is 14.4. The van der Waals surface area contributed by atoms with Gasteiger partial charge in [-0.25, -0.2) is 13.8 Å². The Morgan fingerprint density at radius 1 is 1.32 bits per heavy atom. The van der Waals surface area contributed by atoms with E-state index in [1.807, 2.05) is 0 Å². The maximum atomic E-state index is 13.5. The third-order valence-corrected chi connectivity index (χ3v) is 4.17. The molecular weight excluding hydrogens is 354 g/mol. The minimum atomic E-state index is -0.873. The summed E-state index contributed by atoms with van der Waals surface area (Å²) in [7, 11) is 1.48. The first-order chi connectivity index (χ1) is 11.9. The zero-order chi connectivity index (χ0) is 18.4. The number of carbonyl (C=O) groups excluding carboxylic acids is 2. The van der Waals surface area contributed by atoms with Crippen molar-refractivity contribution >= 4 is 29.3 Å². The number of hydrogen-bond acceptors (Lipinski definition) is 5. The van der Waals surface area contributed by atoms with Crippen molar-refractivity contribution in [1.29, 1.82) is 0 Å². The van der Waals surface area contributed by atoms with Crippen LogP contribution >= 0.6 is 11.8 Å². The number of rotatable bonds is 7. The Kier molecular flexibility index (Phi) is 6.48. The molecule has 0 spiro atoms. The number of nitrogens with one attached hydrogen (secondary N) is 2. The van der Waals surface area contributed by atoms with Crippen molar-refractivity contribution in [1.82, 2.24) is 14.9 Å². The second-order valence-electron chi connectivity index (χ2n) is 4.91. The van der Waals surface area contributed by atoms with Gasteiger partial charge in [0.15, 0.2) is 5.16 Å². The highest BCUT2D eigenvalue weighted by Gasteiger charge is 2.15. The van der Waals surface area contributed by atoms with Crippen molar-refractivity contribution in [3.05, 3.63) is 41.7 Å². The van der Waals surface area contributed by atoms with E-state index in [1.165, 1.54) is 17.8 Å². The molecule has 0 radical (unpaired) electrons. The fourth-order valence-electron chi connectivity index (χ4n) is 1.93. The van der Waals surface area contributed by atoms with Crippen LogP contribution in [0.15, 0.2) is 29.6 Å². The normalized spacial score (nSPS) is 10.6. The van der Waals surface area contributed by atoms with Gasteiger partial charge in [0.1, 0.15) is 18.2 Å². The number of aliphatic hydroxyl groups is 1. The molecule has 0 aliphatic heterocycles. The summed E-state index contributed by atoms with van der Waals surface area (Å²) in [6.45, 7) is -0.361. The molecule has 0 saturated carbocycles. The second-order valence-corrected chi connectivity index (χ2v) is 5.85. The van der Waals surface area contributed by atoms with Crippen LogP contribution in [-0.4, -0.2) is 39.3 Å². The van der Waals surface area contributed by atoms with E-state index in [9.17, 15) is 23.5 Å². The van der Waals surface area contributed by atoms with Gasteiger partial charge in [0, 0.05) is 13.1 Å². The molecule has 3 N–H and O–H groups in total. The summed E-state index contributed by atoms with van der Waals surface area (Å²) in [5.41, 5.74) is 0.299. The number of amides is 2. The lowest BCUT2D eigenvalue weighted by Gasteiger charge is -2.10. The quantitative estimate of drug-likeness (QED) is 0.635. The highest BCUT2D eigenvalue weighted by Crippen LogP contribution is 2.20. The van der Waals surface area contributed by atoms with Crippen LogP contribution in [-0.2, 0) is 22.7 Å². The zero-order valence-corrected chi connectivity index (χ0v) is 14.1. The number of anilines is 1. The Bertz CT molecular complexity index is 782. The third kappa shape index (κ3) is 5.00. The fourth-order valence-corrected chi connectivity index (χ4v) is 2.73. The van der Waals surface area contributed by atoms with Gasteiger partial charge in [-0.05, 0) is 12.1 Å². The minimum absolute atomic E-state index is 0.0526. The van der Waals surface area contributed by atoms with Crippen LogP contribution < -0.4 is 10.6 Å². The predicted octanol–water partition coefficient (Wildman–Crippen LogP) is 1.13. The summed E-state index contributed by atoms with van der Waals surface area (Å²) >= 11 is 1.02. The predicted molar refractivity (Wildman–Crippen MR) is 87.9 cm³/mol. The van der Waals surface area contributed by atoms with Crippen LogP contribution in [0.3, 0.4) is 0 Å². The molecule has 0 aliphatic rings. The molecule has 0 bridgehead atoms. The van der Waals surface area contributed by atoms with Gasteiger partial charge in [-0.1, -0.05) is 11.8 Å². The van der Waals surface area contributed by atoms with Crippen LogP contribution in [0, 0.1) is 11.6 Å². The van der Waals surface area contributed by atoms with Gasteiger partial charge in [0.25, 0.3) is 0 Å². The fraction of sp³-hybridized carbons (Fsp3) is 0.267. The van der Waals surface area contributed by atoms with Gasteiger partial charge in [0.2, 0.25) is 11.8 Å². The summed E-state index contributed by atoms with van der Waals surface area (Å²) in [5.74, 6) is -2.52. The first-order valence-electron chi connectivity index (χ1n) is 7.18. The number of imidazole rings is 1. The Balaban J connectivity index is 2.01. The van der Waals surface area contributed by atoms with E-state index < -0.39 is 17.5 Å². The van der Waals surface area contributed by atoms with E-state index in [2.05, 4.69) is 15.6 Å². The van der Waals surface area contributed by atoms with E-state index in [0.29, 0.717) is 16.9 Å². The molecule has 2 aromatic rings. The van der Waals surface area contributed by atoms with Crippen molar-refractivity contribution in [2.75, 3.05) is 18.1 Å². The van der Waals surface area contributed by atoms with Crippen molar-refractivity contribution in [3.8, 4) is 0 Å². The summed E-state index contributed by atoms with van der Waals surface area (Å²) in [4.78, 5) is 27.5. The van der Waals surface area contributed by atoms with Gasteiger partial charge >= 0.3 is 0 Å². The topological polar surface area (TPSA) is 96.2 Å². The molecule has 2 amide bonds. The number of benzene rings is 1. The zero-order valence-electron chi connectivity index (χ0n) is 13.3. The SMILES string of the molecule is CNC(=O)Cn1c(CO)cnc1SCC(=O)Nc1ccc(F)cc1F. The monoisotopic (exact) mass is 370 g/mol. The average molecular weight is 370 g/mol. The van der Waals surface area contributed by atoms with Crippen LogP contribution in [0.1, 0.15) is 5.69 Å². The molecule has 0 aliphatic carbocycles. The van der Waals surface area contributed by atoms with Crippen molar-refractivity contribution < 1.29 is 23.5 Å². The maximum absolute atomic E-state index is 13.5. The Hall–Kier alpha value is -2.46. The molecule has 1 heterocycles. The largest absolute Gasteiger partial charge is 0.390 e. The molecule has 1 aromatic heterocycles. The number of thioether (sulfide) groups is 1. The standard InChI is InChI=1S/C15H16F2N4O3S/c1-18-13(23)6-21-10(7-22)5-19-15(21)25-8-14(24)20-12-3-2-9(16)4-11(12)17/h2-5,22H,6-8H2,1H3,(H,18,23)(H,20,24). The number of nitrogens with zero attached hydrogens (tertiary/aromatic N) is 2. The highest BCUT2D eigenvalue weighted by molar-refractivity contribution is 7.99. The van der Waals surface area contributed by atoms with E-state index in [0.717, 1.165) is 23.9 Å². The lowest BCUT2D eigenvalue weighted by molar-refractivity contribution is -0.121. The van der Waals surface area contributed by atoms with E-state index in [1.54, 1.807) is 0 Å². The maximum Gasteiger partial charge on any atom is 0.239 e. The Morgan fingerprint density at radius 3 is 2.72 bits per heavy atom. The molecule has 10 heteroatoms. The molecular formula is C15H16F2N4O3S. The highest BCUT2D eigenvalue weighted by atomic mass is 32.2. The van der Waals surface area contributed by atoms with E-state index in [4.69, 9.17) is 0 Å². The summed E-state index contributed by atoms with van der Waals surface area (Å²) in [6, 6.07) is 2.84. The van der Waals surface area contributed by atoms with Crippen LogP contribution in [0.5, 0.6) is 0 Å². The number of carbonyl (C=O) groups is 2. The van der Waals surface area contributed by atoms with Crippen LogP contribution in [0.4, 0.5) is 14.5 Å². The molecule has 134 valence electrons. The summed E-state index contributed by atoms with van der Waals surface area (Å²) in [6.07, 6.45) is 1.41. The lowest BCUT2D eigenvalue weighted by atomic mass is 10.3. The number of halogens is 2. The van der Waals surface area contributed by atoms with Gasteiger partial charge in [0.05, 0.1) is 29.9 Å². The van der Waals surface area contributed by atoms with Gasteiger partial charge < -0.3 is 20.3 Å². The number of hydrogen-bond donors (Lipinski definition) is 3.